The normalized spacial score (nSPS) is 27.5. The number of carbonyl (C=O) groups excluding carboxylic acids is 1. The van der Waals surface area contributed by atoms with Crippen LogP contribution >= 0.6 is 0 Å². The van der Waals surface area contributed by atoms with Crippen LogP contribution in [0.2, 0.25) is 0 Å². The first-order valence-electron chi connectivity index (χ1n) is 10.8. The molecule has 1 saturated carbocycles. The molecule has 29 heavy (non-hydrogen) atoms. The molecule has 2 aromatic rings. The maximum absolute atomic E-state index is 13.0. The Bertz CT molecular complexity index is 877. The molecule has 156 valence electrons. The van der Waals surface area contributed by atoms with E-state index in [1.807, 2.05) is 16.5 Å². The van der Waals surface area contributed by atoms with Crippen molar-refractivity contribution in [3.63, 3.8) is 0 Å². The number of aromatic nitrogens is 5. The second-order valence-electron chi connectivity index (χ2n) is 8.92. The molecule has 0 aromatic carbocycles. The van der Waals surface area contributed by atoms with Crippen LogP contribution in [0.5, 0.6) is 0 Å². The molecule has 0 spiro atoms. The maximum Gasteiger partial charge on any atom is 0.276 e. The molecule has 0 bridgehead atoms. The number of nitrogens with zero attached hydrogens (tertiary/aromatic N) is 6. The molecular weight excluding hydrogens is 370 g/mol. The second-order valence-corrected chi connectivity index (χ2v) is 8.92. The summed E-state index contributed by atoms with van der Waals surface area (Å²) in [5, 5.41) is 16.0. The number of nitrogens with one attached hydrogen (secondary N) is 1. The van der Waals surface area contributed by atoms with Gasteiger partial charge in [0.2, 0.25) is 5.89 Å². The number of piperidine rings is 1. The maximum atomic E-state index is 13.0. The van der Waals surface area contributed by atoms with Crippen LogP contribution in [-0.4, -0.2) is 62.1 Å². The quantitative estimate of drug-likeness (QED) is 0.817. The van der Waals surface area contributed by atoms with Gasteiger partial charge in [0.25, 0.3) is 5.91 Å². The average molecular weight is 399 g/mol. The van der Waals surface area contributed by atoms with Gasteiger partial charge in [-0.15, -0.1) is 5.10 Å². The van der Waals surface area contributed by atoms with Crippen LogP contribution in [0.25, 0.3) is 0 Å². The third kappa shape index (κ3) is 3.68. The van der Waals surface area contributed by atoms with E-state index in [0.29, 0.717) is 29.5 Å². The van der Waals surface area contributed by atoms with Gasteiger partial charge < -0.3 is 14.7 Å². The Labute approximate surface area is 170 Å². The number of likely N-dealkylation sites (tertiary alicyclic amines) is 1. The van der Waals surface area contributed by atoms with Crippen molar-refractivity contribution >= 4 is 5.91 Å². The first kappa shape index (κ1) is 18.7. The molecule has 4 heterocycles. The Kier molecular flexibility index (Phi) is 4.85. The van der Waals surface area contributed by atoms with Crippen molar-refractivity contribution in [1.82, 2.24) is 35.4 Å². The fraction of sp³-hybridized carbons (Fsp3) is 0.750. The Balaban J connectivity index is 1.16. The fourth-order valence-electron chi connectivity index (χ4n) is 4.65. The van der Waals surface area contributed by atoms with Crippen LogP contribution in [0.4, 0.5) is 0 Å². The van der Waals surface area contributed by atoms with Gasteiger partial charge in [-0.1, -0.05) is 17.3 Å². The molecule has 3 atom stereocenters. The fourth-order valence-corrected chi connectivity index (χ4v) is 4.65. The van der Waals surface area contributed by atoms with Crippen molar-refractivity contribution in [1.29, 1.82) is 0 Å². The minimum atomic E-state index is 0.000883. The zero-order valence-electron chi connectivity index (χ0n) is 17.2. The Morgan fingerprint density at radius 1 is 1.28 bits per heavy atom. The molecule has 2 aromatic heterocycles. The molecule has 2 saturated heterocycles. The predicted molar refractivity (Wildman–Crippen MR) is 104 cm³/mol. The molecule has 3 unspecified atom stereocenters. The predicted octanol–water partition coefficient (Wildman–Crippen LogP) is 1.72. The van der Waals surface area contributed by atoms with E-state index >= 15 is 0 Å². The number of hydrogen-bond acceptors (Lipinski definition) is 7. The van der Waals surface area contributed by atoms with Crippen molar-refractivity contribution in [2.24, 2.45) is 11.8 Å². The largest absolute Gasteiger partial charge is 0.339 e. The van der Waals surface area contributed by atoms with Crippen LogP contribution in [0.1, 0.15) is 72.5 Å². The average Bonchev–Trinajstić information content (AvgIpc) is 3.17. The molecular formula is C20H29N7O2. The summed E-state index contributed by atoms with van der Waals surface area (Å²) in [5.41, 5.74) is 1.37. The van der Waals surface area contributed by atoms with Crippen LogP contribution < -0.4 is 5.32 Å². The van der Waals surface area contributed by atoms with Gasteiger partial charge >= 0.3 is 0 Å². The van der Waals surface area contributed by atoms with Crippen LogP contribution in [0.3, 0.4) is 0 Å². The van der Waals surface area contributed by atoms with E-state index in [4.69, 9.17) is 4.52 Å². The monoisotopic (exact) mass is 399 g/mol. The lowest BCUT2D eigenvalue weighted by atomic mass is 9.93. The first-order chi connectivity index (χ1) is 14.1. The van der Waals surface area contributed by atoms with Crippen LogP contribution in [0, 0.1) is 18.8 Å². The van der Waals surface area contributed by atoms with Crippen molar-refractivity contribution < 1.29 is 9.32 Å². The molecule has 9 nitrogen and oxygen atoms in total. The molecule has 3 fully saturated rings. The van der Waals surface area contributed by atoms with E-state index in [1.54, 1.807) is 0 Å². The summed E-state index contributed by atoms with van der Waals surface area (Å²) in [5.74, 6) is 3.26. The molecule has 0 radical (unpaired) electrons. The molecule has 2 aliphatic heterocycles. The minimum absolute atomic E-state index is 0.000883. The highest BCUT2D eigenvalue weighted by Crippen LogP contribution is 2.45. The first-order valence-corrected chi connectivity index (χ1v) is 10.8. The lowest BCUT2D eigenvalue weighted by Crippen LogP contribution is -2.39. The van der Waals surface area contributed by atoms with Crippen molar-refractivity contribution in [2.45, 2.75) is 57.9 Å². The van der Waals surface area contributed by atoms with E-state index in [2.05, 4.69) is 32.7 Å². The van der Waals surface area contributed by atoms with Gasteiger partial charge in [0.05, 0.1) is 11.7 Å². The van der Waals surface area contributed by atoms with Gasteiger partial charge in [-0.2, -0.15) is 4.98 Å². The summed E-state index contributed by atoms with van der Waals surface area (Å²) in [4.78, 5) is 19.5. The minimum Gasteiger partial charge on any atom is -0.339 e. The lowest BCUT2D eigenvalue weighted by Gasteiger charge is -2.31. The Hall–Kier alpha value is -2.29. The van der Waals surface area contributed by atoms with Gasteiger partial charge in [-0.05, 0) is 51.0 Å². The Morgan fingerprint density at radius 2 is 2.07 bits per heavy atom. The molecule has 3 aliphatic rings. The molecule has 1 aliphatic carbocycles. The summed E-state index contributed by atoms with van der Waals surface area (Å²) in [6, 6.07) is 0.299. The lowest BCUT2D eigenvalue weighted by molar-refractivity contribution is 0.0680. The summed E-state index contributed by atoms with van der Waals surface area (Å²) in [6.07, 6.45) is 4.90. The number of hydrogen-bond donors (Lipinski definition) is 1. The highest BCUT2D eigenvalue weighted by molar-refractivity contribution is 5.93. The van der Waals surface area contributed by atoms with Gasteiger partial charge in [-0.3, -0.25) is 4.79 Å². The topological polar surface area (TPSA) is 102 Å². The van der Waals surface area contributed by atoms with Crippen molar-refractivity contribution in [3.05, 3.63) is 23.1 Å². The SMILES string of the molecule is Cc1c(C(=O)N2CCC(Cc3nc(C4CC4C)no3)CC2)nnn1C1CCNC1. The Morgan fingerprint density at radius 3 is 2.76 bits per heavy atom. The summed E-state index contributed by atoms with van der Waals surface area (Å²) >= 11 is 0. The zero-order chi connectivity index (χ0) is 20.0. The van der Waals surface area contributed by atoms with E-state index in [1.165, 1.54) is 6.42 Å². The van der Waals surface area contributed by atoms with E-state index in [9.17, 15) is 4.79 Å². The van der Waals surface area contributed by atoms with Crippen LogP contribution in [-0.2, 0) is 6.42 Å². The summed E-state index contributed by atoms with van der Waals surface area (Å²) < 4.78 is 7.37. The van der Waals surface area contributed by atoms with Gasteiger partial charge in [0, 0.05) is 32.0 Å². The van der Waals surface area contributed by atoms with E-state index in [0.717, 1.165) is 69.3 Å². The molecule has 1 amide bonds. The highest BCUT2D eigenvalue weighted by Gasteiger charge is 2.38. The number of amides is 1. The molecule has 9 heteroatoms. The van der Waals surface area contributed by atoms with Gasteiger partial charge in [0.15, 0.2) is 11.5 Å². The van der Waals surface area contributed by atoms with Crippen molar-refractivity contribution in [2.75, 3.05) is 26.2 Å². The summed E-state index contributed by atoms with van der Waals surface area (Å²) in [7, 11) is 0. The third-order valence-corrected chi connectivity index (χ3v) is 6.80. The third-order valence-electron chi connectivity index (χ3n) is 6.80. The van der Waals surface area contributed by atoms with Gasteiger partial charge in [0.1, 0.15) is 0 Å². The van der Waals surface area contributed by atoms with Gasteiger partial charge in [-0.25, -0.2) is 4.68 Å². The van der Waals surface area contributed by atoms with E-state index in [-0.39, 0.29) is 5.91 Å². The second kappa shape index (κ2) is 7.51. The molecule has 1 N–H and O–H groups in total. The highest BCUT2D eigenvalue weighted by atomic mass is 16.5. The zero-order valence-corrected chi connectivity index (χ0v) is 17.2. The smallest absolute Gasteiger partial charge is 0.276 e. The van der Waals surface area contributed by atoms with Crippen LogP contribution in [0.15, 0.2) is 4.52 Å². The molecule has 5 rings (SSSR count). The standard InChI is InChI=1S/C20H29N7O2/c1-12-9-16(12)19-22-17(29-24-19)10-14-4-7-26(8-5-14)20(28)18-13(2)27(25-23-18)15-3-6-21-11-15/h12,14-16,21H,3-11H2,1-2H3. The number of rotatable bonds is 5. The van der Waals surface area contributed by atoms with E-state index < -0.39 is 0 Å². The number of carbonyl (C=O) groups is 1. The van der Waals surface area contributed by atoms with Crippen molar-refractivity contribution in [3.8, 4) is 0 Å². The summed E-state index contributed by atoms with van der Waals surface area (Å²) in [6.45, 7) is 7.52.